The third-order valence-electron chi connectivity index (χ3n) is 1.56. The number of rotatable bonds is 5. The molecule has 0 saturated carbocycles. The zero-order valence-corrected chi connectivity index (χ0v) is 7.81. The Balaban J connectivity index is 2.41. The summed E-state index contributed by atoms with van der Waals surface area (Å²) in [6, 6.07) is 0. The second-order valence-corrected chi connectivity index (χ2v) is 3.54. The summed E-state index contributed by atoms with van der Waals surface area (Å²) in [6.07, 6.45) is 2.62. The molecule has 0 spiro atoms. The molecule has 0 saturated heterocycles. The normalized spacial score (nSPS) is 10.5. The molecule has 0 fully saturated rings. The van der Waals surface area contributed by atoms with Gasteiger partial charge in [0.05, 0.1) is 10.7 Å². The van der Waals surface area contributed by atoms with Crippen LogP contribution in [0, 0.1) is 0 Å². The fourth-order valence-corrected chi connectivity index (χ4v) is 1.78. The molecule has 3 nitrogen and oxygen atoms in total. The first-order valence-electron chi connectivity index (χ1n) is 4.11. The van der Waals surface area contributed by atoms with E-state index in [-0.39, 0.29) is 6.61 Å². The molecular formula is C8H14N2OS. The molecule has 68 valence electrons. The van der Waals surface area contributed by atoms with Gasteiger partial charge in [0.15, 0.2) is 0 Å². The number of nitrogens with zero attached hydrogens (tertiary/aromatic N) is 1. The largest absolute Gasteiger partial charge is 0.396 e. The Bertz CT molecular complexity index is 225. The van der Waals surface area contributed by atoms with E-state index in [0.717, 1.165) is 23.5 Å². The molecular weight excluding hydrogens is 172 g/mol. The number of hydrogen-bond acceptors (Lipinski definition) is 4. The first-order chi connectivity index (χ1) is 5.86. The molecule has 12 heavy (non-hydrogen) atoms. The lowest BCUT2D eigenvalue weighted by Gasteiger charge is -1.92. The van der Waals surface area contributed by atoms with Crippen molar-refractivity contribution in [2.45, 2.75) is 19.3 Å². The van der Waals surface area contributed by atoms with Gasteiger partial charge in [0.25, 0.3) is 0 Å². The maximum absolute atomic E-state index is 8.65. The van der Waals surface area contributed by atoms with Crippen LogP contribution in [0.15, 0.2) is 5.38 Å². The zero-order valence-electron chi connectivity index (χ0n) is 6.99. The van der Waals surface area contributed by atoms with E-state index < -0.39 is 0 Å². The number of hydrogen-bond donors (Lipinski definition) is 2. The smallest absolute Gasteiger partial charge is 0.0951 e. The Hall–Kier alpha value is -0.450. The van der Waals surface area contributed by atoms with Gasteiger partial charge in [-0.05, 0) is 19.4 Å². The highest BCUT2D eigenvalue weighted by atomic mass is 32.1. The lowest BCUT2D eigenvalue weighted by atomic mass is 10.2. The fourth-order valence-electron chi connectivity index (χ4n) is 0.957. The van der Waals surface area contributed by atoms with Crippen molar-refractivity contribution in [3.63, 3.8) is 0 Å². The first kappa shape index (κ1) is 9.64. The zero-order chi connectivity index (χ0) is 8.81. The van der Waals surface area contributed by atoms with Crippen molar-refractivity contribution in [3.8, 4) is 0 Å². The highest BCUT2D eigenvalue weighted by Crippen LogP contribution is 2.11. The summed E-state index contributed by atoms with van der Waals surface area (Å²) < 4.78 is 0. The molecule has 3 N–H and O–H groups in total. The van der Waals surface area contributed by atoms with Crippen molar-refractivity contribution in [3.05, 3.63) is 16.1 Å². The van der Waals surface area contributed by atoms with Crippen LogP contribution in [0.2, 0.25) is 0 Å². The number of aryl methyl sites for hydroxylation is 1. The molecule has 0 radical (unpaired) electrons. The molecule has 0 amide bonds. The van der Waals surface area contributed by atoms with Crippen molar-refractivity contribution >= 4 is 11.3 Å². The van der Waals surface area contributed by atoms with Crippen molar-refractivity contribution in [2.75, 3.05) is 13.2 Å². The maximum atomic E-state index is 8.65. The lowest BCUT2D eigenvalue weighted by Crippen LogP contribution is -2.00. The predicted molar refractivity (Wildman–Crippen MR) is 50.3 cm³/mol. The van der Waals surface area contributed by atoms with Gasteiger partial charge in [0.1, 0.15) is 0 Å². The second kappa shape index (κ2) is 5.24. The van der Waals surface area contributed by atoms with E-state index in [1.165, 1.54) is 0 Å². The van der Waals surface area contributed by atoms with Gasteiger partial charge in [-0.1, -0.05) is 0 Å². The van der Waals surface area contributed by atoms with Gasteiger partial charge in [-0.25, -0.2) is 4.98 Å². The molecule has 0 unspecified atom stereocenters. The van der Waals surface area contributed by atoms with Gasteiger partial charge < -0.3 is 10.8 Å². The maximum Gasteiger partial charge on any atom is 0.0951 e. The standard InChI is InChI=1S/C8H14N2OS/c9-4-1-2-7-6-12-8(10-7)3-5-11/h6,11H,1-5,9H2. The summed E-state index contributed by atoms with van der Waals surface area (Å²) in [5.41, 5.74) is 6.48. The number of aliphatic hydroxyl groups is 1. The van der Waals surface area contributed by atoms with Gasteiger partial charge in [-0.15, -0.1) is 11.3 Å². The average Bonchev–Trinajstić information content (AvgIpc) is 2.50. The number of aromatic nitrogens is 1. The molecule has 0 aromatic carbocycles. The Kier molecular flexibility index (Phi) is 4.21. The highest BCUT2D eigenvalue weighted by Gasteiger charge is 2.00. The van der Waals surface area contributed by atoms with Crippen molar-refractivity contribution in [2.24, 2.45) is 5.73 Å². The molecule has 0 aliphatic heterocycles. The van der Waals surface area contributed by atoms with Gasteiger partial charge in [-0.3, -0.25) is 0 Å². The third-order valence-corrected chi connectivity index (χ3v) is 2.52. The summed E-state index contributed by atoms with van der Waals surface area (Å²) in [5.74, 6) is 0. The van der Waals surface area contributed by atoms with E-state index in [1.54, 1.807) is 11.3 Å². The topological polar surface area (TPSA) is 59.1 Å². The van der Waals surface area contributed by atoms with E-state index in [1.807, 2.05) is 5.38 Å². The van der Waals surface area contributed by atoms with Crippen molar-refractivity contribution in [1.82, 2.24) is 4.98 Å². The average molecular weight is 186 g/mol. The quantitative estimate of drug-likeness (QED) is 0.706. The van der Waals surface area contributed by atoms with Crippen LogP contribution in [0.25, 0.3) is 0 Å². The van der Waals surface area contributed by atoms with Crippen LogP contribution >= 0.6 is 11.3 Å². The number of thiazole rings is 1. The monoisotopic (exact) mass is 186 g/mol. The van der Waals surface area contributed by atoms with Crippen molar-refractivity contribution in [1.29, 1.82) is 0 Å². The molecule has 0 aliphatic carbocycles. The van der Waals surface area contributed by atoms with Crippen LogP contribution in [0.5, 0.6) is 0 Å². The fraction of sp³-hybridized carbons (Fsp3) is 0.625. The number of nitrogens with two attached hydrogens (primary N) is 1. The second-order valence-electron chi connectivity index (χ2n) is 2.60. The predicted octanol–water partition coefficient (Wildman–Crippen LogP) is 0.569. The molecule has 4 heteroatoms. The van der Waals surface area contributed by atoms with E-state index in [9.17, 15) is 0 Å². The molecule has 1 heterocycles. The van der Waals surface area contributed by atoms with Crippen LogP contribution < -0.4 is 5.73 Å². The van der Waals surface area contributed by atoms with Gasteiger partial charge >= 0.3 is 0 Å². The van der Waals surface area contributed by atoms with Crippen LogP contribution in [0.4, 0.5) is 0 Å². The Morgan fingerprint density at radius 1 is 1.50 bits per heavy atom. The Morgan fingerprint density at radius 2 is 2.33 bits per heavy atom. The number of aliphatic hydroxyl groups excluding tert-OH is 1. The summed E-state index contributed by atoms with van der Waals surface area (Å²) in [4.78, 5) is 4.34. The first-order valence-corrected chi connectivity index (χ1v) is 4.99. The van der Waals surface area contributed by atoms with E-state index >= 15 is 0 Å². The summed E-state index contributed by atoms with van der Waals surface area (Å²) in [6.45, 7) is 0.900. The van der Waals surface area contributed by atoms with Gasteiger partial charge in [-0.2, -0.15) is 0 Å². The molecule has 1 aromatic heterocycles. The highest BCUT2D eigenvalue weighted by molar-refractivity contribution is 7.09. The van der Waals surface area contributed by atoms with Gasteiger partial charge in [0, 0.05) is 18.4 Å². The molecule has 1 rings (SSSR count). The minimum Gasteiger partial charge on any atom is -0.396 e. The molecule has 0 bridgehead atoms. The minimum atomic E-state index is 0.184. The van der Waals surface area contributed by atoms with Crippen LogP contribution in [0.3, 0.4) is 0 Å². The minimum absolute atomic E-state index is 0.184. The van der Waals surface area contributed by atoms with E-state index in [2.05, 4.69) is 4.98 Å². The SMILES string of the molecule is NCCCc1csc(CCO)n1. The Morgan fingerprint density at radius 3 is 3.00 bits per heavy atom. The lowest BCUT2D eigenvalue weighted by molar-refractivity contribution is 0.299. The van der Waals surface area contributed by atoms with Crippen molar-refractivity contribution < 1.29 is 5.11 Å². The summed E-state index contributed by atoms with van der Waals surface area (Å²) in [5, 5.41) is 11.7. The Labute approximate surface area is 76.3 Å². The summed E-state index contributed by atoms with van der Waals surface area (Å²) >= 11 is 1.61. The van der Waals surface area contributed by atoms with E-state index in [4.69, 9.17) is 10.8 Å². The molecule has 0 aliphatic rings. The van der Waals surface area contributed by atoms with Crippen LogP contribution in [-0.4, -0.2) is 23.2 Å². The van der Waals surface area contributed by atoms with E-state index in [0.29, 0.717) is 13.0 Å². The van der Waals surface area contributed by atoms with Crippen LogP contribution in [-0.2, 0) is 12.8 Å². The third kappa shape index (κ3) is 2.89. The van der Waals surface area contributed by atoms with Gasteiger partial charge in [0.2, 0.25) is 0 Å². The van der Waals surface area contributed by atoms with Crippen LogP contribution in [0.1, 0.15) is 17.1 Å². The molecule has 0 atom stereocenters. The molecule has 1 aromatic rings. The summed E-state index contributed by atoms with van der Waals surface area (Å²) in [7, 11) is 0.